The van der Waals surface area contributed by atoms with Crippen molar-refractivity contribution in [3.63, 3.8) is 0 Å². The Bertz CT molecular complexity index is 1140. The molecule has 0 fully saturated rings. The van der Waals surface area contributed by atoms with Crippen LogP contribution in [-0.2, 0) is 13.2 Å². The second-order valence-corrected chi connectivity index (χ2v) is 7.08. The van der Waals surface area contributed by atoms with Gasteiger partial charge in [-0.3, -0.25) is 4.79 Å². The molecule has 0 saturated carbocycles. The maximum absolute atomic E-state index is 11.5. The second-order valence-electron chi connectivity index (χ2n) is 6.14. The maximum atomic E-state index is 11.5. The number of pyridine rings is 1. The van der Waals surface area contributed by atoms with Crippen LogP contribution in [0.4, 0.5) is 5.69 Å². The number of ether oxygens (including phenoxy) is 2. The average molecular weight is 393 g/mol. The zero-order valence-corrected chi connectivity index (χ0v) is 16.1. The highest BCUT2D eigenvalue weighted by Crippen LogP contribution is 2.22. The summed E-state index contributed by atoms with van der Waals surface area (Å²) in [5, 5.41) is 7.30. The lowest BCUT2D eigenvalue weighted by molar-refractivity contribution is 0.304. The van der Waals surface area contributed by atoms with Crippen LogP contribution in [0.25, 0.3) is 10.9 Å². The summed E-state index contributed by atoms with van der Waals surface area (Å²) in [6.45, 7) is 1.02. The molecule has 0 saturated heterocycles. The third kappa shape index (κ3) is 4.15. The predicted octanol–water partition coefficient (Wildman–Crippen LogP) is 4.18. The Hall–Kier alpha value is -3.32. The van der Waals surface area contributed by atoms with Crippen LogP contribution in [0.3, 0.4) is 0 Å². The quantitative estimate of drug-likeness (QED) is 0.492. The summed E-state index contributed by atoms with van der Waals surface area (Å²) in [6.07, 6.45) is 0. The van der Waals surface area contributed by atoms with Crippen molar-refractivity contribution in [3.8, 4) is 11.5 Å². The van der Waals surface area contributed by atoms with Crippen LogP contribution in [0.1, 0.15) is 10.7 Å². The molecule has 2 N–H and O–H groups in total. The molecule has 0 bridgehead atoms. The summed E-state index contributed by atoms with van der Waals surface area (Å²) in [4.78, 5) is 18.9. The zero-order chi connectivity index (χ0) is 19.3. The van der Waals surface area contributed by atoms with Gasteiger partial charge >= 0.3 is 0 Å². The van der Waals surface area contributed by atoms with E-state index in [1.807, 2.05) is 53.9 Å². The number of methoxy groups -OCH3 is 1. The first-order chi connectivity index (χ1) is 13.7. The molecule has 0 atom stereocenters. The molecule has 28 heavy (non-hydrogen) atoms. The van der Waals surface area contributed by atoms with E-state index >= 15 is 0 Å². The SMILES string of the molecule is COc1ccc(OCc2nc(CNc3cccc4[nH]c(=O)ccc34)cs2)cc1. The van der Waals surface area contributed by atoms with Gasteiger partial charge in [0.1, 0.15) is 23.1 Å². The Morgan fingerprint density at radius 2 is 1.89 bits per heavy atom. The van der Waals surface area contributed by atoms with Crippen LogP contribution in [0, 0.1) is 0 Å². The van der Waals surface area contributed by atoms with Crippen molar-refractivity contribution in [1.29, 1.82) is 0 Å². The Labute approximate surface area is 165 Å². The number of thiazole rings is 1. The van der Waals surface area contributed by atoms with Gasteiger partial charge in [-0.2, -0.15) is 0 Å². The highest BCUT2D eigenvalue weighted by molar-refractivity contribution is 7.09. The Balaban J connectivity index is 1.38. The summed E-state index contributed by atoms with van der Waals surface area (Å²) in [7, 11) is 1.64. The molecule has 4 rings (SSSR count). The van der Waals surface area contributed by atoms with E-state index in [0.717, 1.165) is 38.8 Å². The van der Waals surface area contributed by atoms with Gasteiger partial charge in [0.05, 0.1) is 24.9 Å². The average Bonchev–Trinajstić information content (AvgIpc) is 3.18. The Morgan fingerprint density at radius 3 is 2.71 bits per heavy atom. The number of aromatic amines is 1. The van der Waals surface area contributed by atoms with E-state index < -0.39 is 0 Å². The van der Waals surface area contributed by atoms with Crippen molar-refractivity contribution < 1.29 is 9.47 Å². The molecule has 0 unspecified atom stereocenters. The van der Waals surface area contributed by atoms with Crippen molar-refractivity contribution in [2.45, 2.75) is 13.2 Å². The number of H-pyrrole nitrogens is 1. The molecule has 0 aliphatic carbocycles. The fraction of sp³-hybridized carbons (Fsp3) is 0.143. The van der Waals surface area contributed by atoms with E-state index in [2.05, 4.69) is 15.3 Å². The molecule has 0 radical (unpaired) electrons. The molecule has 2 aromatic carbocycles. The van der Waals surface area contributed by atoms with Crippen molar-refractivity contribution in [2.24, 2.45) is 0 Å². The molecule has 0 spiro atoms. The van der Waals surface area contributed by atoms with Gasteiger partial charge in [-0.05, 0) is 42.5 Å². The molecule has 142 valence electrons. The van der Waals surface area contributed by atoms with Crippen LogP contribution in [0.2, 0.25) is 0 Å². The molecule has 7 heteroatoms. The predicted molar refractivity (Wildman–Crippen MR) is 111 cm³/mol. The van der Waals surface area contributed by atoms with Crippen LogP contribution < -0.4 is 20.3 Å². The molecule has 2 aromatic heterocycles. The number of anilines is 1. The van der Waals surface area contributed by atoms with E-state index in [-0.39, 0.29) is 5.56 Å². The first-order valence-electron chi connectivity index (χ1n) is 8.77. The van der Waals surface area contributed by atoms with Crippen molar-refractivity contribution >= 4 is 27.9 Å². The highest BCUT2D eigenvalue weighted by atomic mass is 32.1. The second kappa shape index (κ2) is 8.14. The van der Waals surface area contributed by atoms with Crippen molar-refractivity contribution in [2.75, 3.05) is 12.4 Å². The summed E-state index contributed by atoms with van der Waals surface area (Å²) in [6, 6.07) is 16.6. The molecule has 0 aliphatic rings. The van der Waals surface area contributed by atoms with Crippen LogP contribution in [0.5, 0.6) is 11.5 Å². The van der Waals surface area contributed by atoms with Crippen molar-refractivity contribution in [1.82, 2.24) is 9.97 Å². The lowest BCUT2D eigenvalue weighted by Crippen LogP contribution is -2.05. The van der Waals surface area contributed by atoms with Gasteiger partial charge in [0.2, 0.25) is 5.56 Å². The number of fused-ring (bicyclic) bond motifs is 1. The normalized spacial score (nSPS) is 10.8. The fourth-order valence-corrected chi connectivity index (χ4v) is 3.55. The lowest BCUT2D eigenvalue weighted by atomic mass is 10.2. The first kappa shape index (κ1) is 18.1. The minimum absolute atomic E-state index is 0.106. The summed E-state index contributed by atoms with van der Waals surface area (Å²) < 4.78 is 10.9. The molecular formula is C21H19N3O3S. The van der Waals surface area contributed by atoms with Gasteiger partial charge in [0.15, 0.2) is 0 Å². The number of hydrogen-bond donors (Lipinski definition) is 2. The molecule has 0 aliphatic heterocycles. The molecule has 6 nitrogen and oxygen atoms in total. The van der Waals surface area contributed by atoms with Gasteiger partial charge < -0.3 is 19.8 Å². The van der Waals surface area contributed by atoms with Gasteiger partial charge in [0, 0.05) is 22.5 Å². The maximum Gasteiger partial charge on any atom is 0.248 e. The summed E-state index contributed by atoms with van der Waals surface area (Å²) in [5.41, 5.74) is 2.60. The van der Waals surface area contributed by atoms with E-state index in [1.165, 1.54) is 6.07 Å². The minimum atomic E-state index is -0.106. The fourth-order valence-electron chi connectivity index (χ4n) is 2.84. The molecule has 4 aromatic rings. The minimum Gasteiger partial charge on any atom is -0.497 e. The highest BCUT2D eigenvalue weighted by Gasteiger charge is 2.06. The van der Waals surface area contributed by atoms with Crippen molar-refractivity contribution in [3.05, 3.63) is 81.0 Å². The number of aromatic nitrogens is 2. The molecule has 2 heterocycles. The Morgan fingerprint density at radius 1 is 1.07 bits per heavy atom. The monoisotopic (exact) mass is 393 g/mol. The third-order valence-corrected chi connectivity index (χ3v) is 5.12. The zero-order valence-electron chi connectivity index (χ0n) is 15.3. The van der Waals surface area contributed by atoms with Gasteiger partial charge in [-0.15, -0.1) is 11.3 Å². The van der Waals surface area contributed by atoms with Crippen LogP contribution in [0.15, 0.2) is 64.8 Å². The van der Waals surface area contributed by atoms with Gasteiger partial charge in [-0.1, -0.05) is 6.07 Å². The molecule has 0 amide bonds. The first-order valence-corrected chi connectivity index (χ1v) is 9.65. The van der Waals surface area contributed by atoms with E-state index in [4.69, 9.17) is 9.47 Å². The van der Waals surface area contributed by atoms with E-state index in [1.54, 1.807) is 18.4 Å². The summed E-state index contributed by atoms with van der Waals surface area (Å²) in [5.74, 6) is 1.58. The molecular weight excluding hydrogens is 374 g/mol. The van der Waals surface area contributed by atoms with E-state index in [9.17, 15) is 4.79 Å². The number of nitrogens with zero attached hydrogens (tertiary/aromatic N) is 1. The third-order valence-electron chi connectivity index (χ3n) is 4.25. The number of benzene rings is 2. The largest absolute Gasteiger partial charge is 0.497 e. The number of rotatable bonds is 7. The Kier molecular flexibility index (Phi) is 5.25. The van der Waals surface area contributed by atoms with Gasteiger partial charge in [-0.25, -0.2) is 4.98 Å². The smallest absolute Gasteiger partial charge is 0.248 e. The van der Waals surface area contributed by atoms with Crippen LogP contribution >= 0.6 is 11.3 Å². The van der Waals surface area contributed by atoms with E-state index in [0.29, 0.717) is 13.2 Å². The number of hydrogen-bond acceptors (Lipinski definition) is 6. The van der Waals surface area contributed by atoms with Gasteiger partial charge in [0.25, 0.3) is 0 Å². The topological polar surface area (TPSA) is 76.2 Å². The summed E-state index contributed by atoms with van der Waals surface area (Å²) >= 11 is 1.57. The van der Waals surface area contributed by atoms with Crippen LogP contribution in [-0.4, -0.2) is 17.1 Å². The lowest BCUT2D eigenvalue weighted by Gasteiger charge is -2.08. The number of nitrogens with one attached hydrogen (secondary N) is 2. The standard InChI is InChI=1S/C21H19N3O3S/c1-26-15-5-7-16(8-6-15)27-12-21-23-14(13-28-21)11-22-18-3-2-4-19-17(18)9-10-20(25)24-19/h2-10,13,22H,11-12H2,1H3,(H,24,25).